The van der Waals surface area contributed by atoms with Crippen LogP contribution in [0.4, 0.5) is 30.2 Å². The predicted octanol–water partition coefficient (Wildman–Crippen LogP) is 5.57. The van der Waals surface area contributed by atoms with E-state index in [2.05, 4.69) is 10.3 Å². The summed E-state index contributed by atoms with van der Waals surface area (Å²) >= 11 is 6.19. The number of nitro groups is 1. The van der Waals surface area contributed by atoms with Crippen LogP contribution < -0.4 is 10.1 Å². The van der Waals surface area contributed by atoms with Crippen LogP contribution in [0.1, 0.15) is 5.56 Å². The number of anilines is 2. The van der Waals surface area contributed by atoms with Crippen LogP contribution in [0.5, 0.6) is 5.75 Å². The Balaban J connectivity index is 2.16. The monoisotopic (exact) mass is 397 g/mol. The van der Waals surface area contributed by atoms with Crippen molar-refractivity contribution in [2.24, 2.45) is 0 Å². The van der Waals surface area contributed by atoms with Gasteiger partial charge in [-0.25, -0.2) is 0 Å². The third kappa shape index (κ3) is 3.59. The third-order valence-corrected chi connectivity index (χ3v) is 4.14. The van der Waals surface area contributed by atoms with Gasteiger partial charge >= 0.3 is 6.18 Å². The molecule has 0 amide bonds. The zero-order chi connectivity index (χ0) is 19.8. The number of methoxy groups -OCH3 is 1. The molecular formula is C17H11ClF3N3O3. The van der Waals surface area contributed by atoms with E-state index in [1.165, 1.54) is 19.4 Å². The van der Waals surface area contributed by atoms with Crippen molar-refractivity contribution >= 4 is 39.6 Å². The maximum Gasteiger partial charge on any atom is 0.416 e. The van der Waals surface area contributed by atoms with E-state index in [1.54, 1.807) is 12.1 Å². The zero-order valence-corrected chi connectivity index (χ0v) is 14.4. The first-order valence-electron chi connectivity index (χ1n) is 7.46. The summed E-state index contributed by atoms with van der Waals surface area (Å²) in [7, 11) is 1.47. The smallest absolute Gasteiger partial charge is 0.416 e. The van der Waals surface area contributed by atoms with E-state index in [9.17, 15) is 23.3 Å². The molecule has 0 spiro atoms. The molecule has 0 fully saturated rings. The fourth-order valence-electron chi connectivity index (χ4n) is 2.57. The first-order chi connectivity index (χ1) is 12.7. The Hall–Kier alpha value is -3.07. The van der Waals surface area contributed by atoms with Gasteiger partial charge in [0.2, 0.25) is 0 Å². The van der Waals surface area contributed by atoms with Crippen molar-refractivity contribution in [3.8, 4) is 5.75 Å². The molecule has 2 aromatic carbocycles. The Morgan fingerprint density at radius 1 is 1.22 bits per heavy atom. The normalized spacial score (nSPS) is 11.4. The molecule has 1 heterocycles. The van der Waals surface area contributed by atoms with Crippen LogP contribution in [0, 0.1) is 10.1 Å². The van der Waals surface area contributed by atoms with Gasteiger partial charge in [0.15, 0.2) is 0 Å². The minimum absolute atomic E-state index is 0.146. The van der Waals surface area contributed by atoms with E-state index in [0.29, 0.717) is 22.7 Å². The van der Waals surface area contributed by atoms with Gasteiger partial charge in [-0.3, -0.25) is 15.1 Å². The maximum atomic E-state index is 12.9. The summed E-state index contributed by atoms with van der Waals surface area (Å²) in [5.41, 5.74) is -1.43. The first kappa shape index (κ1) is 18.7. The molecule has 0 radical (unpaired) electrons. The maximum absolute atomic E-state index is 12.9. The molecule has 27 heavy (non-hydrogen) atoms. The molecule has 1 aromatic heterocycles. The fraction of sp³-hybridized carbons (Fsp3) is 0.118. The fourth-order valence-corrected chi connectivity index (χ4v) is 2.76. The Labute approximate surface area is 155 Å². The van der Waals surface area contributed by atoms with Crippen LogP contribution in [0.15, 0.2) is 42.6 Å². The number of rotatable bonds is 4. The second-order valence-corrected chi connectivity index (χ2v) is 5.85. The summed E-state index contributed by atoms with van der Waals surface area (Å²) in [5.74, 6) is 0.502. The quantitative estimate of drug-likeness (QED) is 0.460. The summed E-state index contributed by atoms with van der Waals surface area (Å²) in [6.07, 6.45) is -3.24. The van der Waals surface area contributed by atoms with Gasteiger partial charge in [0, 0.05) is 17.6 Å². The van der Waals surface area contributed by atoms with E-state index in [0.717, 1.165) is 12.1 Å². The molecule has 0 unspecified atom stereocenters. The minimum atomic E-state index is -4.70. The van der Waals surface area contributed by atoms with Gasteiger partial charge in [-0.1, -0.05) is 11.6 Å². The second kappa shape index (κ2) is 6.92. The van der Waals surface area contributed by atoms with Crippen LogP contribution in [0.3, 0.4) is 0 Å². The summed E-state index contributed by atoms with van der Waals surface area (Å²) in [6, 6.07) is 7.02. The van der Waals surface area contributed by atoms with Gasteiger partial charge in [0.1, 0.15) is 11.4 Å². The standard InChI is InChI=1S/C17H11ClF3N3O3/c1-27-14-6-7-22-15-10(14)3-4-11(18)16(15)23-12-5-2-9(17(19,20)21)8-13(12)24(25)26/h2-8,23H,1H3. The number of alkyl halides is 3. The Kier molecular flexibility index (Phi) is 4.79. The van der Waals surface area contributed by atoms with Crippen molar-refractivity contribution in [3.63, 3.8) is 0 Å². The van der Waals surface area contributed by atoms with E-state index in [4.69, 9.17) is 16.3 Å². The molecule has 10 heteroatoms. The van der Waals surface area contributed by atoms with Crippen LogP contribution in [0.25, 0.3) is 10.9 Å². The lowest BCUT2D eigenvalue weighted by Gasteiger charge is -2.14. The lowest BCUT2D eigenvalue weighted by atomic mass is 10.1. The molecule has 0 bridgehead atoms. The summed E-state index contributed by atoms with van der Waals surface area (Å²) in [6.45, 7) is 0. The molecule has 0 saturated heterocycles. The Morgan fingerprint density at radius 2 is 1.96 bits per heavy atom. The topological polar surface area (TPSA) is 77.3 Å². The molecule has 6 nitrogen and oxygen atoms in total. The number of ether oxygens (including phenoxy) is 1. The Bertz CT molecular complexity index is 1040. The average Bonchev–Trinajstić information content (AvgIpc) is 2.62. The van der Waals surface area contributed by atoms with Gasteiger partial charge in [-0.05, 0) is 30.3 Å². The lowest BCUT2D eigenvalue weighted by Crippen LogP contribution is -2.07. The molecule has 0 saturated carbocycles. The number of hydrogen-bond acceptors (Lipinski definition) is 5. The van der Waals surface area contributed by atoms with Crippen LogP contribution in [-0.4, -0.2) is 17.0 Å². The molecule has 140 valence electrons. The largest absolute Gasteiger partial charge is 0.496 e. The SMILES string of the molecule is COc1ccnc2c(Nc3ccc(C(F)(F)F)cc3[N+](=O)[O-])c(Cl)ccc12. The van der Waals surface area contributed by atoms with Crippen LogP contribution >= 0.6 is 11.6 Å². The summed E-state index contributed by atoms with van der Waals surface area (Å²) in [4.78, 5) is 14.6. The van der Waals surface area contributed by atoms with Gasteiger partial charge < -0.3 is 10.1 Å². The van der Waals surface area contributed by atoms with Gasteiger partial charge in [-0.2, -0.15) is 13.2 Å². The molecule has 3 rings (SSSR count). The molecule has 0 aliphatic carbocycles. The highest BCUT2D eigenvalue weighted by atomic mass is 35.5. The average molecular weight is 398 g/mol. The van der Waals surface area contributed by atoms with Crippen LogP contribution in [0.2, 0.25) is 5.02 Å². The van der Waals surface area contributed by atoms with Gasteiger partial charge in [0.05, 0.1) is 33.8 Å². The number of hydrogen-bond donors (Lipinski definition) is 1. The number of pyridine rings is 1. The highest BCUT2D eigenvalue weighted by molar-refractivity contribution is 6.35. The highest BCUT2D eigenvalue weighted by Gasteiger charge is 2.33. The molecule has 3 aromatic rings. The van der Waals surface area contributed by atoms with Crippen molar-refractivity contribution < 1.29 is 22.8 Å². The van der Waals surface area contributed by atoms with Crippen molar-refractivity contribution in [2.45, 2.75) is 6.18 Å². The zero-order valence-electron chi connectivity index (χ0n) is 13.7. The number of fused-ring (bicyclic) bond motifs is 1. The Morgan fingerprint density at radius 3 is 2.59 bits per heavy atom. The second-order valence-electron chi connectivity index (χ2n) is 5.44. The van der Waals surface area contributed by atoms with E-state index >= 15 is 0 Å². The van der Waals surface area contributed by atoms with E-state index < -0.39 is 22.4 Å². The number of nitrogens with one attached hydrogen (secondary N) is 1. The van der Waals surface area contributed by atoms with E-state index in [-0.39, 0.29) is 16.4 Å². The first-order valence-corrected chi connectivity index (χ1v) is 7.84. The molecule has 0 aliphatic rings. The number of aromatic nitrogens is 1. The van der Waals surface area contributed by atoms with Crippen molar-refractivity contribution in [1.29, 1.82) is 0 Å². The van der Waals surface area contributed by atoms with Crippen molar-refractivity contribution in [1.82, 2.24) is 4.98 Å². The highest BCUT2D eigenvalue weighted by Crippen LogP contribution is 2.40. The van der Waals surface area contributed by atoms with Crippen molar-refractivity contribution in [2.75, 3.05) is 12.4 Å². The van der Waals surface area contributed by atoms with Crippen molar-refractivity contribution in [3.05, 3.63) is 63.3 Å². The predicted molar refractivity (Wildman–Crippen MR) is 94.7 cm³/mol. The van der Waals surface area contributed by atoms with Crippen LogP contribution in [-0.2, 0) is 6.18 Å². The number of benzene rings is 2. The number of nitro benzene ring substituents is 1. The minimum Gasteiger partial charge on any atom is -0.496 e. The summed E-state index contributed by atoms with van der Waals surface area (Å²) < 4.78 is 43.8. The van der Waals surface area contributed by atoms with Gasteiger partial charge in [-0.15, -0.1) is 0 Å². The third-order valence-electron chi connectivity index (χ3n) is 3.82. The van der Waals surface area contributed by atoms with Gasteiger partial charge in [0.25, 0.3) is 5.69 Å². The molecule has 0 atom stereocenters. The molecule has 0 aliphatic heterocycles. The number of nitrogens with zero attached hydrogens (tertiary/aromatic N) is 2. The van der Waals surface area contributed by atoms with E-state index in [1.807, 2.05) is 0 Å². The summed E-state index contributed by atoms with van der Waals surface area (Å²) in [5, 5.41) is 14.8. The molecule has 1 N–H and O–H groups in total. The lowest BCUT2D eigenvalue weighted by molar-refractivity contribution is -0.384. The molecular weight excluding hydrogens is 387 g/mol. The number of halogens is 4.